The molecule has 0 atom stereocenters. The van der Waals surface area contributed by atoms with Gasteiger partial charge in [0.15, 0.2) is 0 Å². The molecule has 3 heteroatoms. The van der Waals surface area contributed by atoms with E-state index >= 15 is 0 Å². The fourth-order valence-electron chi connectivity index (χ4n) is 2.44. The third-order valence-corrected chi connectivity index (χ3v) is 4.01. The van der Waals surface area contributed by atoms with Gasteiger partial charge in [-0.05, 0) is 6.42 Å². The molecule has 0 saturated carbocycles. The van der Waals surface area contributed by atoms with Crippen LogP contribution in [0.1, 0.15) is 84.0 Å². The molecule has 3 nitrogen and oxygen atoms in total. The highest BCUT2D eigenvalue weighted by Gasteiger charge is 2.09. The van der Waals surface area contributed by atoms with Gasteiger partial charge in [0.25, 0.3) is 0 Å². The summed E-state index contributed by atoms with van der Waals surface area (Å²) in [6.07, 6.45) is 15.0. The van der Waals surface area contributed by atoms with Crippen LogP contribution in [0, 0.1) is 0 Å². The van der Waals surface area contributed by atoms with Crippen molar-refractivity contribution in [2.24, 2.45) is 0 Å². The van der Waals surface area contributed by atoms with E-state index in [1.807, 2.05) is 0 Å². The molecule has 0 N–H and O–H groups in total. The number of hydrogen-bond acceptors (Lipinski definition) is 2. The van der Waals surface area contributed by atoms with Crippen molar-refractivity contribution in [2.75, 3.05) is 34.3 Å². The lowest BCUT2D eigenvalue weighted by molar-refractivity contribution is -0.870. The Morgan fingerprint density at radius 1 is 0.773 bits per heavy atom. The summed E-state index contributed by atoms with van der Waals surface area (Å²) in [6.45, 7) is 3.68. The van der Waals surface area contributed by atoms with Gasteiger partial charge in [-0.1, -0.05) is 71.1 Å². The maximum absolute atomic E-state index is 11.6. The number of carbonyl (C=O) groups excluding carboxylic acids is 1. The molecule has 0 rings (SSSR count). The Morgan fingerprint density at radius 3 is 1.68 bits per heavy atom. The predicted octanol–water partition coefficient (Wildman–Crippen LogP) is 4.94. The summed E-state index contributed by atoms with van der Waals surface area (Å²) in [6, 6.07) is 0. The highest BCUT2D eigenvalue weighted by Crippen LogP contribution is 2.12. The first kappa shape index (κ1) is 21.4. The van der Waals surface area contributed by atoms with E-state index in [1.165, 1.54) is 64.2 Å². The third-order valence-electron chi connectivity index (χ3n) is 4.01. The van der Waals surface area contributed by atoms with E-state index in [0.717, 1.165) is 17.4 Å². The lowest BCUT2D eigenvalue weighted by Gasteiger charge is -2.23. The molecule has 0 aliphatic carbocycles. The van der Waals surface area contributed by atoms with Gasteiger partial charge in [-0.25, -0.2) is 0 Å². The molecule has 22 heavy (non-hydrogen) atoms. The molecular formula is C19H40NO2+. The van der Waals surface area contributed by atoms with E-state index < -0.39 is 0 Å². The molecule has 0 aliphatic heterocycles. The first-order chi connectivity index (χ1) is 10.5. The number of nitrogens with zero attached hydrogens (tertiary/aromatic N) is 1. The normalized spacial score (nSPS) is 11.6. The van der Waals surface area contributed by atoms with Gasteiger partial charge < -0.3 is 9.22 Å². The number of esters is 1. The lowest BCUT2D eigenvalue weighted by Crippen LogP contribution is -2.37. The summed E-state index contributed by atoms with van der Waals surface area (Å²) in [5, 5.41) is 0. The predicted molar refractivity (Wildman–Crippen MR) is 94.9 cm³/mol. The second-order valence-electron chi connectivity index (χ2n) is 7.52. The van der Waals surface area contributed by atoms with Crippen LogP contribution in [0.2, 0.25) is 0 Å². The Kier molecular flexibility index (Phi) is 13.7. The maximum atomic E-state index is 11.6. The number of unbranched alkanes of at least 4 members (excludes halogenated alkanes) is 10. The standard InChI is InChI=1S/C19H40NO2/c1-5-6-7-8-9-10-11-12-13-14-15-16-19(21)22-18-17-20(2,3)4/h5-18H2,1-4H3/q+1. The monoisotopic (exact) mass is 314 g/mol. The molecule has 0 aromatic carbocycles. The molecule has 132 valence electrons. The Balaban J connectivity index is 3.20. The Hall–Kier alpha value is -0.570. The van der Waals surface area contributed by atoms with E-state index in [9.17, 15) is 4.79 Å². The van der Waals surface area contributed by atoms with Gasteiger partial charge in [0.05, 0.1) is 21.1 Å². The van der Waals surface area contributed by atoms with Crippen molar-refractivity contribution in [2.45, 2.75) is 84.0 Å². The maximum Gasteiger partial charge on any atom is 0.305 e. The van der Waals surface area contributed by atoms with Crippen LogP contribution < -0.4 is 0 Å². The average molecular weight is 315 g/mol. The van der Waals surface area contributed by atoms with E-state index in [2.05, 4.69) is 28.1 Å². The third kappa shape index (κ3) is 17.5. The van der Waals surface area contributed by atoms with Crippen LogP contribution in [0.3, 0.4) is 0 Å². The molecule has 0 amide bonds. The van der Waals surface area contributed by atoms with Crippen molar-refractivity contribution >= 4 is 5.97 Å². The van der Waals surface area contributed by atoms with Gasteiger partial charge in [0, 0.05) is 6.42 Å². The van der Waals surface area contributed by atoms with Crippen LogP contribution >= 0.6 is 0 Å². The number of ether oxygens (including phenoxy) is 1. The van der Waals surface area contributed by atoms with Gasteiger partial charge in [0.1, 0.15) is 13.2 Å². The van der Waals surface area contributed by atoms with Gasteiger partial charge >= 0.3 is 5.97 Å². The van der Waals surface area contributed by atoms with Crippen molar-refractivity contribution in [3.63, 3.8) is 0 Å². The van der Waals surface area contributed by atoms with E-state index in [1.54, 1.807) is 0 Å². The van der Waals surface area contributed by atoms with Crippen molar-refractivity contribution in [1.29, 1.82) is 0 Å². The fourth-order valence-corrected chi connectivity index (χ4v) is 2.44. The highest BCUT2D eigenvalue weighted by molar-refractivity contribution is 5.69. The number of hydrogen-bond donors (Lipinski definition) is 0. The summed E-state index contributed by atoms with van der Waals surface area (Å²) in [5.74, 6) is -0.0237. The molecule has 0 aromatic rings. The van der Waals surface area contributed by atoms with Gasteiger partial charge in [-0.3, -0.25) is 4.79 Å². The molecule has 0 heterocycles. The van der Waals surface area contributed by atoms with Crippen LogP contribution in [0.25, 0.3) is 0 Å². The van der Waals surface area contributed by atoms with Crippen molar-refractivity contribution in [3.8, 4) is 0 Å². The molecule has 0 aliphatic rings. The van der Waals surface area contributed by atoms with Crippen molar-refractivity contribution < 1.29 is 14.0 Å². The van der Waals surface area contributed by atoms with Gasteiger partial charge in [-0.15, -0.1) is 0 Å². The fraction of sp³-hybridized carbons (Fsp3) is 0.947. The minimum absolute atomic E-state index is 0.0237. The van der Waals surface area contributed by atoms with Crippen LogP contribution in [0.15, 0.2) is 0 Å². The Bertz CT molecular complexity index is 259. The SMILES string of the molecule is CCCCCCCCCCCCCC(=O)OCC[N+](C)(C)C. The van der Waals surface area contributed by atoms with Crippen LogP contribution in [-0.4, -0.2) is 44.7 Å². The zero-order chi connectivity index (χ0) is 16.7. The molecule has 0 bridgehead atoms. The van der Waals surface area contributed by atoms with Crippen molar-refractivity contribution in [3.05, 3.63) is 0 Å². The number of likely N-dealkylation sites (N-methyl/N-ethyl adjacent to an activating group) is 1. The zero-order valence-corrected chi connectivity index (χ0v) is 15.7. The summed E-state index contributed by atoms with van der Waals surface area (Å²) in [7, 11) is 6.33. The molecule has 0 spiro atoms. The Labute approximate surface area is 139 Å². The van der Waals surface area contributed by atoms with Crippen LogP contribution in [0.5, 0.6) is 0 Å². The minimum atomic E-state index is -0.0237. The number of quaternary nitrogens is 1. The molecule has 0 unspecified atom stereocenters. The second-order valence-corrected chi connectivity index (χ2v) is 7.52. The lowest BCUT2D eigenvalue weighted by atomic mass is 10.1. The van der Waals surface area contributed by atoms with E-state index in [0.29, 0.717) is 13.0 Å². The Morgan fingerprint density at radius 2 is 1.23 bits per heavy atom. The quantitative estimate of drug-likeness (QED) is 0.243. The molecular weight excluding hydrogens is 274 g/mol. The molecule has 0 aromatic heterocycles. The van der Waals surface area contributed by atoms with Gasteiger partial charge in [-0.2, -0.15) is 0 Å². The summed E-state index contributed by atoms with van der Waals surface area (Å²) < 4.78 is 6.09. The number of carbonyl (C=O) groups is 1. The molecule has 0 fully saturated rings. The van der Waals surface area contributed by atoms with Crippen LogP contribution in [0.4, 0.5) is 0 Å². The second kappa shape index (κ2) is 14.0. The van der Waals surface area contributed by atoms with E-state index in [-0.39, 0.29) is 5.97 Å². The first-order valence-electron chi connectivity index (χ1n) is 9.42. The summed E-state index contributed by atoms with van der Waals surface area (Å²) in [4.78, 5) is 11.6. The molecule has 0 saturated heterocycles. The zero-order valence-electron chi connectivity index (χ0n) is 15.7. The minimum Gasteiger partial charge on any atom is -0.460 e. The van der Waals surface area contributed by atoms with Gasteiger partial charge in [0.2, 0.25) is 0 Å². The first-order valence-corrected chi connectivity index (χ1v) is 9.42. The molecule has 0 radical (unpaired) electrons. The van der Waals surface area contributed by atoms with E-state index in [4.69, 9.17) is 4.74 Å². The largest absolute Gasteiger partial charge is 0.460 e. The summed E-state index contributed by atoms with van der Waals surface area (Å²) in [5.41, 5.74) is 0. The van der Waals surface area contributed by atoms with Crippen molar-refractivity contribution in [1.82, 2.24) is 0 Å². The highest BCUT2D eigenvalue weighted by atomic mass is 16.5. The summed E-state index contributed by atoms with van der Waals surface area (Å²) >= 11 is 0. The van der Waals surface area contributed by atoms with Crippen LogP contribution in [-0.2, 0) is 9.53 Å². The topological polar surface area (TPSA) is 26.3 Å². The number of rotatable bonds is 15. The average Bonchev–Trinajstić information content (AvgIpc) is 2.43. The smallest absolute Gasteiger partial charge is 0.305 e.